The Labute approximate surface area is 209 Å². The summed E-state index contributed by atoms with van der Waals surface area (Å²) < 4.78 is 34.3. The molecule has 0 radical (unpaired) electrons. The van der Waals surface area contributed by atoms with E-state index >= 15 is 0 Å². The fraction of sp³-hybridized carbons (Fsp3) is 0.381. The molecule has 12 heteroatoms. The second kappa shape index (κ2) is 9.04. The van der Waals surface area contributed by atoms with Gasteiger partial charge in [0.2, 0.25) is 10.0 Å². The summed E-state index contributed by atoms with van der Waals surface area (Å²) in [7, 11) is -3.17. The Kier molecular flexibility index (Phi) is 6.27. The van der Waals surface area contributed by atoms with Gasteiger partial charge in [0.15, 0.2) is 22.1 Å². The number of imidazole rings is 1. The molecule has 5 rings (SSSR count). The topological polar surface area (TPSA) is 120 Å². The zero-order valence-corrected chi connectivity index (χ0v) is 21.7. The summed E-state index contributed by atoms with van der Waals surface area (Å²) in [6.07, 6.45) is 7.13. The lowest BCUT2D eigenvalue weighted by atomic mass is 9.96. The molecule has 1 atom stereocenters. The predicted molar refractivity (Wildman–Crippen MR) is 137 cm³/mol. The first-order valence-corrected chi connectivity index (χ1v) is 14.3. The number of benzene rings is 1. The molecule has 174 valence electrons. The molecule has 0 bridgehead atoms. The van der Waals surface area contributed by atoms with Gasteiger partial charge in [0, 0.05) is 33.5 Å². The highest BCUT2D eigenvalue weighted by Gasteiger charge is 2.26. The summed E-state index contributed by atoms with van der Waals surface area (Å²) in [6.45, 7) is 1.82. The van der Waals surface area contributed by atoms with Crippen molar-refractivity contribution < 1.29 is 12.8 Å². The maximum atomic E-state index is 12.0. The minimum atomic E-state index is -3.17. The molecule has 1 unspecified atom stereocenters. The highest BCUT2D eigenvalue weighted by atomic mass is 127. The number of sulfonamides is 1. The Morgan fingerprint density at radius 3 is 3.00 bits per heavy atom. The molecule has 2 N–H and O–H groups in total. The normalized spacial score (nSPS) is 17.8. The monoisotopic (exact) mass is 598 g/mol. The Morgan fingerprint density at radius 1 is 1.33 bits per heavy atom. The van der Waals surface area contributed by atoms with Crippen molar-refractivity contribution in [2.45, 2.75) is 35.9 Å². The molecular formula is C21H23IN6O3S2. The van der Waals surface area contributed by atoms with Gasteiger partial charge in [0.1, 0.15) is 11.9 Å². The van der Waals surface area contributed by atoms with Crippen LogP contribution in [0.5, 0.6) is 0 Å². The van der Waals surface area contributed by atoms with Gasteiger partial charge in [-0.2, -0.15) is 0 Å². The summed E-state index contributed by atoms with van der Waals surface area (Å²) in [5, 5.41) is 1.82. The smallest absolute Gasteiger partial charge is 0.211 e. The van der Waals surface area contributed by atoms with E-state index in [2.05, 4.69) is 43.2 Å². The number of piperidine rings is 1. The quantitative estimate of drug-likeness (QED) is 0.331. The predicted octanol–water partition coefficient (Wildman–Crippen LogP) is 3.97. The van der Waals surface area contributed by atoms with Gasteiger partial charge in [-0.25, -0.2) is 27.7 Å². The number of nitrogens with zero attached hydrogens (tertiary/aromatic N) is 5. The molecule has 0 spiro atoms. The third kappa shape index (κ3) is 4.70. The average molecular weight is 598 g/mol. The summed E-state index contributed by atoms with van der Waals surface area (Å²) >= 11 is 3.86. The summed E-state index contributed by atoms with van der Waals surface area (Å²) in [4.78, 5) is 14.4. The van der Waals surface area contributed by atoms with Crippen LogP contribution < -0.4 is 5.73 Å². The van der Waals surface area contributed by atoms with Crippen LogP contribution in [-0.2, 0) is 16.6 Å². The minimum absolute atomic E-state index is 0.283. The van der Waals surface area contributed by atoms with Crippen LogP contribution in [-0.4, -0.2) is 51.6 Å². The number of hydrogen-bond acceptors (Lipinski definition) is 8. The van der Waals surface area contributed by atoms with Crippen molar-refractivity contribution >= 4 is 72.3 Å². The summed E-state index contributed by atoms with van der Waals surface area (Å²) in [5.41, 5.74) is 8.23. The van der Waals surface area contributed by atoms with Gasteiger partial charge in [-0.3, -0.25) is 0 Å². The first kappa shape index (κ1) is 22.9. The average Bonchev–Trinajstić information content (AvgIpc) is 3.37. The van der Waals surface area contributed by atoms with E-state index in [0.717, 1.165) is 43.9 Å². The van der Waals surface area contributed by atoms with Crippen LogP contribution >= 0.6 is 34.4 Å². The van der Waals surface area contributed by atoms with Gasteiger partial charge in [-0.05, 0) is 66.0 Å². The molecule has 1 aliphatic heterocycles. The molecule has 9 nitrogen and oxygen atoms in total. The minimum Gasteiger partial charge on any atom is -0.464 e. The van der Waals surface area contributed by atoms with Gasteiger partial charge in [-0.1, -0.05) is 11.8 Å². The van der Waals surface area contributed by atoms with E-state index in [1.807, 2.05) is 12.1 Å². The number of aryl methyl sites for hydroxylation is 1. The lowest BCUT2D eigenvalue weighted by Gasteiger charge is -2.31. The second-order valence-electron chi connectivity index (χ2n) is 8.24. The molecule has 0 saturated carbocycles. The number of halogens is 1. The number of hydrogen-bond donors (Lipinski definition) is 1. The molecule has 4 aromatic rings. The number of furan rings is 1. The van der Waals surface area contributed by atoms with E-state index in [1.165, 1.54) is 12.6 Å². The van der Waals surface area contributed by atoms with Crippen molar-refractivity contribution in [1.29, 1.82) is 0 Å². The van der Waals surface area contributed by atoms with Crippen LogP contribution in [0.4, 0.5) is 5.82 Å². The highest BCUT2D eigenvalue weighted by Crippen LogP contribution is 2.36. The number of nitrogen functional groups attached to an aromatic ring is 1. The van der Waals surface area contributed by atoms with Gasteiger partial charge >= 0.3 is 0 Å². The van der Waals surface area contributed by atoms with E-state index in [4.69, 9.17) is 15.1 Å². The Balaban J connectivity index is 1.45. The summed E-state index contributed by atoms with van der Waals surface area (Å²) in [6, 6.07) is 6.05. The van der Waals surface area contributed by atoms with Crippen LogP contribution in [0.25, 0.3) is 22.1 Å². The maximum Gasteiger partial charge on any atom is 0.211 e. The van der Waals surface area contributed by atoms with Crippen molar-refractivity contribution in [2.75, 3.05) is 25.1 Å². The van der Waals surface area contributed by atoms with Gasteiger partial charge in [-0.15, -0.1) is 0 Å². The zero-order valence-electron chi connectivity index (χ0n) is 17.9. The van der Waals surface area contributed by atoms with Crippen molar-refractivity contribution in [3.05, 3.63) is 34.4 Å². The Hall–Kier alpha value is -1.90. The van der Waals surface area contributed by atoms with Crippen LogP contribution in [0.2, 0.25) is 0 Å². The van der Waals surface area contributed by atoms with Gasteiger partial charge < -0.3 is 14.7 Å². The fourth-order valence-electron chi connectivity index (χ4n) is 4.23. The second-order valence-corrected chi connectivity index (χ2v) is 12.4. The number of anilines is 1. The van der Waals surface area contributed by atoms with Crippen molar-refractivity contribution in [3.8, 4) is 0 Å². The molecule has 0 amide bonds. The number of fused-ring (bicyclic) bond motifs is 2. The SMILES string of the molecule is CS(=O)(=O)N1CCCC(CCn2c(Sc3cc4ccoc4cc3I)nc3c(N)ncnc32)C1. The van der Waals surface area contributed by atoms with E-state index in [-0.39, 0.29) is 5.92 Å². The van der Waals surface area contributed by atoms with Gasteiger partial charge in [0.25, 0.3) is 0 Å². The van der Waals surface area contributed by atoms with E-state index in [9.17, 15) is 8.42 Å². The van der Waals surface area contributed by atoms with Crippen LogP contribution in [0.1, 0.15) is 19.3 Å². The van der Waals surface area contributed by atoms with Crippen molar-refractivity contribution in [3.63, 3.8) is 0 Å². The van der Waals surface area contributed by atoms with Crippen LogP contribution in [0.3, 0.4) is 0 Å². The molecular weight excluding hydrogens is 575 g/mol. The number of nitrogens with two attached hydrogens (primary N) is 1. The molecule has 3 aromatic heterocycles. The van der Waals surface area contributed by atoms with E-state index < -0.39 is 10.0 Å². The number of rotatable bonds is 6. The fourth-order valence-corrected chi connectivity index (χ4v) is 6.90. The first-order chi connectivity index (χ1) is 15.8. The van der Waals surface area contributed by atoms with E-state index in [0.29, 0.717) is 36.6 Å². The third-order valence-corrected chi connectivity index (χ3v) is 9.53. The van der Waals surface area contributed by atoms with E-state index in [1.54, 1.807) is 22.3 Å². The molecule has 1 saturated heterocycles. The van der Waals surface area contributed by atoms with Gasteiger partial charge in [0.05, 0.1) is 12.5 Å². The standard InChI is InChI=1S/C21H23IN6O3S2/c1-33(29,30)27-6-2-3-13(11-27)4-7-28-20-18(19(23)24-12-25-20)26-21(28)32-17-9-14-5-8-31-16(14)10-15(17)22/h5,8-10,12-13H,2-4,6-7,11H2,1H3,(H2,23,24,25). The lowest BCUT2D eigenvalue weighted by Crippen LogP contribution is -2.39. The molecule has 33 heavy (non-hydrogen) atoms. The zero-order chi connectivity index (χ0) is 23.2. The van der Waals surface area contributed by atoms with Crippen LogP contribution in [0, 0.1) is 9.49 Å². The first-order valence-electron chi connectivity index (χ1n) is 10.6. The van der Waals surface area contributed by atoms with Crippen LogP contribution in [0.15, 0.2) is 45.3 Å². The maximum absolute atomic E-state index is 12.0. The van der Waals surface area contributed by atoms with Crippen molar-refractivity contribution in [1.82, 2.24) is 23.8 Å². The summed E-state index contributed by atoms with van der Waals surface area (Å²) in [5.74, 6) is 0.631. The molecule has 4 heterocycles. The Morgan fingerprint density at radius 2 is 2.18 bits per heavy atom. The molecule has 0 aliphatic carbocycles. The highest BCUT2D eigenvalue weighted by molar-refractivity contribution is 14.1. The van der Waals surface area contributed by atoms with Crippen molar-refractivity contribution in [2.24, 2.45) is 5.92 Å². The third-order valence-electron chi connectivity index (χ3n) is 5.95. The lowest BCUT2D eigenvalue weighted by molar-refractivity contribution is 0.249. The Bertz CT molecular complexity index is 1430. The number of aromatic nitrogens is 4. The molecule has 1 fully saturated rings. The largest absolute Gasteiger partial charge is 0.464 e. The molecule has 1 aliphatic rings. The molecule has 1 aromatic carbocycles.